The number of rotatable bonds is 5. The first-order chi connectivity index (χ1) is 11.6. The summed E-state index contributed by atoms with van der Waals surface area (Å²) < 4.78 is 1.15. The molecule has 2 heterocycles. The molecule has 1 N–H and O–H groups in total. The van der Waals surface area contributed by atoms with Gasteiger partial charge in [0.1, 0.15) is 16.1 Å². The lowest BCUT2D eigenvalue weighted by Gasteiger charge is -2.22. The predicted molar refractivity (Wildman–Crippen MR) is 98.3 cm³/mol. The highest BCUT2D eigenvalue weighted by molar-refractivity contribution is 7.18. The summed E-state index contributed by atoms with van der Waals surface area (Å²) in [5.74, 6) is -0.135. The molecule has 1 amide bonds. The Morgan fingerprint density at radius 2 is 2.21 bits per heavy atom. The van der Waals surface area contributed by atoms with E-state index in [-0.39, 0.29) is 18.5 Å². The standard InChI is InChI=1S/C17H16N4OS2/c1-11(16-19-13-5-3-4-6-14(13)24-16)21(2)10-15(22)20-17-12(9-18)7-8-23-17/h3-8,11H,10H2,1-2H3,(H,20,22)/t11-/m0/s1. The number of hydrogen-bond donors (Lipinski definition) is 1. The number of aromatic nitrogens is 1. The molecule has 0 saturated carbocycles. The van der Waals surface area contributed by atoms with Gasteiger partial charge in [-0.1, -0.05) is 12.1 Å². The van der Waals surface area contributed by atoms with Crippen molar-refractivity contribution in [1.82, 2.24) is 9.88 Å². The van der Waals surface area contributed by atoms with Crippen LogP contribution in [-0.2, 0) is 4.79 Å². The van der Waals surface area contributed by atoms with Crippen LogP contribution in [0.4, 0.5) is 5.00 Å². The average molecular weight is 356 g/mol. The number of amides is 1. The normalized spacial score (nSPS) is 12.2. The molecule has 0 aliphatic heterocycles. The summed E-state index contributed by atoms with van der Waals surface area (Å²) in [6.45, 7) is 2.27. The van der Waals surface area contributed by atoms with Crippen LogP contribution in [0.2, 0.25) is 0 Å². The highest BCUT2D eigenvalue weighted by atomic mass is 32.1. The molecule has 7 heteroatoms. The number of likely N-dealkylation sites (N-methyl/N-ethyl adjacent to an activating group) is 1. The molecule has 122 valence electrons. The quantitative estimate of drug-likeness (QED) is 0.754. The predicted octanol–water partition coefficient (Wildman–Crippen LogP) is 3.86. The molecule has 3 rings (SSSR count). The second-order valence-corrected chi connectivity index (χ2v) is 7.41. The van der Waals surface area contributed by atoms with Gasteiger partial charge in [0.2, 0.25) is 5.91 Å². The summed E-state index contributed by atoms with van der Waals surface area (Å²) in [5, 5.41) is 15.2. The molecular formula is C17H16N4OS2. The molecule has 0 aliphatic carbocycles. The van der Waals surface area contributed by atoms with E-state index >= 15 is 0 Å². The molecule has 1 aromatic carbocycles. The number of benzene rings is 1. The Bertz CT molecular complexity index is 876. The number of carbonyl (C=O) groups is 1. The minimum absolute atomic E-state index is 0.0342. The van der Waals surface area contributed by atoms with Crippen LogP contribution in [0, 0.1) is 11.3 Å². The van der Waals surface area contributed by atoms with Crippen molar-refractivity contribution in [3.8, 4) is 6.07 Å². The largest absolute Gasteiger partial charge is 0.315 e. The molecule has 2 aromatic heterocycles. The number of nitrogens with one attached hydrogen (secondary N) is 1. The SMILES string of the molecule is C[C@@H](c1nc2ccccc2s1)N(C)CC(=O)Nc1sccc1C#N. The fourth-order valence-corrected chi connectivity index (χ4v) is 4.12. The maximum Gasteiger partial charge on any atom is 0.239 e. The molecule has 0 bridgehead atoms. The summed E-state index contributed by atoms with van der Waals surface area (Å²) >= 11 is 3.00. The van der Waals surface area contributed by atoms with E-state index in [1.807, 2.05) is 37.1 Å². The van der Waals surface area contributed by atoms with E-state index in [1.54, 1.807) is 22.8 Å². The van der Waals surface area contributed by atoms with Crippen LogP contribution in [-0.4, -0.2) is 29.4 Å². The Balaban J connectivity index is 1.66. The number of thiazole rings is 1. The number of carbonyl (C=O) groups excluding carboxylic acids is 1. The van der Waals surface area contributed by atoms with Gasteiger partial charge >= 0.3 is 0 Å². The zero-order chi connectivity index (χ0) is 17.1. The zero-order valence-electron chi connectivity index (χ0n) is 13.3. The molecule has 5 nitrogen and oxygen atoms in total. The fraction of sp³-hybridized carbons (Fsp3) is 0.235. The van der Waals surface area contributed by atoms with Crippen molar-refractivity contribution in [3.63, 3.8) is 0 Å². The fourth-order valence-electron chi connectivity index (χ4n) is 2.28. The third kappa shape index (κ3) is 3.46. The van der Waals surface area contributed by atoms with Crippen LogP contribution in [0.25, 0.3) is 10.2 Å². The van der Waals surface area contributed by atoms with Gasteiger partial charge in [-0.25, -0.2) is 4.98 Å². The molecular weight excluding hydrogens is 340 g/mol. The molecule has 24 heavy (non-hydrogen) atoms. The first-order valence-corrected chi connectivity index (χ1v) is 9.11. The smallest absolute Gasteiger partial charge is 0.239 e. The minimum atomic E-state index is -0.135. The number of hydrogen-bond acceptors (Lipinski definition) is 6. The molecule has 0 fully saturated rings. The van der Waals surface area contributed by atoms with Crippen molar-refractivity contribution in [3.05, 3.63) is 46.3 Å². The van der Waals surface area contributed by atoms with E-state index in [1.165, 1.54) is 11.3 Å². The summed E-state index contributed by atoms with van der Waals surface area (Å²) in [5.41, 5.74) is 1.48. The minimum Gasteiger partial charge on any atom is -0.315 e. The van der Waals surface area contributed by atoms with Crippen molar-refractivity contribution >= 4 is 43.8 Å². The van der Waals surface area contributed by atoms with Gasteiger partial charge < -0.3 is 5.32 Å². The van der Waals surface area contributed by atoms with E-state index in [2.05, 4.69) is 22.4 Å². The molecule has 0 unspecified atom stereocenters. The Labute approximate surface area is 148 Å². The first-order valence-electron chi connectivity index (χ1n) is 7.41. The Morgan fingerprint density at radius 3 is 2.96 bits per heavy atom. The molecule has 0 radical (unpaired) electrons. The zero-order valence-corrected chi connectivity index (χ0v) is 14.9. The lowest BCUT2D eigenvalue weighted by Crippen LogP contribution is -2.32. The van der Waals surface area contributed by atoms with E-state index in [4.69, 9.17) is 5.26 Å². The van der Waals surface area contributed by atoms with E-state index < -0.39 is 0 Å². The van der Waals surface area contributed by atoms with Crippen molar-refractivity contribution in [1.29, 1.82) is 5.26 Å². The lowest BCUT2D eigenvalue weighted by molar-refractivity contribution is -0.117. The monoisotopic (exact) mass is 356 g/mol. The van der Waals surface area contributed by atoms with Crippen molar-refractivity contribution < 1.29 is 4.79 Å². The highest BCUT2D eigenvalue weighted by Gasteiger charge is 2.19. The molecule has 0 spiro atoms. The third-order valence-electron chi connectivity index (χ3n) is 3.76. The van der Waals surface area contributed by atoms with Gasteiger partial charge in [0.25, 0.3) is 0 Å². The Hall–Kier alpha value is -2.27. The Kier molecular flexibility index (Phi) is 4.90. The van der Waals surface area contributed by atoms with Gasteiger partial charge in [-0.05, 0) is 37.6 Å². The van der Waals surface area contributed by atoms with Crippen molar-refractivity contribution in [2.45, 2.75) is 13.0 Å². The van der Waals surface area contributed by atoms with Gasteiger partial charge in [0, 0.05) is 0 Å². The van der Waals surface area contributed by atoms with Crippen molar-refractivity contribution in [2.75, 3.05) is 18.9 Å². The third-order valence-corrected chi connectivity index (χ3v) is 5.80. The van der Waals surface area contributed by atoms with Crippen LogP contribution < -0.4 is 5.32 Å². The summed E-state index contributed by atoms with van der Waals surface area (Å²) in [6, 6.07) is 11.8. The van der Waals surface area contributed by atoms with Gasteiger partial charge in [-0.2, -0.15) is 5.26 Å². The van der Waals surface area contributed by atoms with Crippen LogP contribution >= 0.6 is 22.7 Å². The van der Waals surface area contributed by atoms with Crippen LogP contribution in [0.1, 0.15) is 23.5 Å². The maximum atomic E-state index is 12.2. The first kappa shape index (κ1) is 16.6. The van der Waals surface area contributed by atoms with E-state index in [9.17, 15) is 4.79 Å². The molecule has 0 saturated heterocycles. The van der Waals surface area contributed by atoms with Gasteiger partial charge in [-0.15, -0.1) is 22.7 Å². The van der Waals surface area contributed by atoms with Gasteiger partial charge in [0.05, 0.1) is 28.4 Å². The van der Waals surface area contributed by atoms with Crippen LogP contribution in [0.3, 0.4) is 0 Å². The molecule has 0 aliphatic rings. The maximum absolute atomic E-state index is 12.2. The number of nitriles is 1. The molecule has 3 aromatic rings. The van der Waals surface area contributed by atoms with Gasteiger partial charge in [0.15, 0.2) is 0 Å². The highest BCUT2D eigenvalue weighted by Crippen LogP contribution is 2.29. The summed E-state index contributed by atoms with van der Waals surface area (Å²) in [4.78, 5) is 18.8. The van der Waals surface area contributed by atoms with Gasteiger partial charge in [-0.3, -0.25) is 9.69 Å². The van der Waals surface area contributed by atoms with E-state index in [0.29, 0.717) is 10.6 Å². The molecule has 1 atom stereocenters. The van der Waals surface area contributed by atoms with Crippen LogP contribution in [0.5, 0.6) is 0 Å². The average Bonchev–Trinajstić information content (AvgIpc) is 3.19. The summed E-state index contributed by atoms with van der Waals surface area (Å²) in [6.07, 6.45) is 0. The van der Waals surface area contributed by atoms with Crippen molar-refractivity contribution in [2.24, 2.45) is 0 Å². The number of nitrogens with zero attached hydrogens (tertiary/aromatic N) is 3. The summed E-state index contributed by atoms with van der Waals surface area (Å²) in [7, 11) is 1.90. The number of para-hydroxylation sites is 1. The number of thiophene rings is 1. The number of anilines is 1. The van der Waals surface area contributed by atoms with E-state index in [0.717, 1.165) is 15.2 Å². The lowest BCUT2D eigenvalue weighted by atomic mass is 10.3. The second kappa shape index (κ2) is 7.09. The van der Waals surface area contributed by atoms with Crippen LogP contribution in [0.15, 0.2) is 35.7 Å². The topological polar surface area (TPSA) is 69.0 Å². The second-order valence-electron chi connectivity index (χ2n) is 5.43. The number of fused-ring (bicyclic) bond motifs is 1. The Morgan fingerprint density at radius 1 is 1.42 bits per heavy atom.